The Bertz CT molecular complexity index is 435. The van der Waals surface area contributed by atoms with Crippen molar-refractivity contribution in [2.45, 2.75) is 47.0 Å². The molecular formula is C19H27F. The fourth-order valence-corrected chi connectivity index (χ4v) is 1.69. The lowest BCUT2D eigenvalue weighted by Crippen LogP contribution is -1.79. The van der Waals surface area contributed by atoms with E-state index in [1.165, 1.54) is 24.5 Å². The van der Waals surface area contributed by atoms with Gasteiger partial charge in [-0.3, -0.25) is 0 Å². The van der Waals surface area contributed by atoms with Crippen LogP contribution in [-0.2, 0) is 12.8 Å². The van der Waals surface area contributed by atoms with E-state index in [4.69, 9.17) is 0 Å². The van der Waals surface area contributed by atoms with Crippen LogP contribution in [0.3, 0.4) is 0 Å². The summed E-state index contributed by atoms with van der Waals surface area (Å²) in [7, 11) is 0. The highest BCUT2D eigenvalue weighted by Gasteiger charge is 1.89. The molecule has 1 heteroatoms. The molecule has 20 heavy (non-hydrogen) atoms. The number of hydrogen-bond donors (Lipinski definition) is 0. The van der Waals surface area contributed by atoms with Crippen LogP contribution in [0.1, 0.15) is 45.2 Å². The normalized spacial score (nSPS) is 8.85. The van der Waals surface area contributed by atoms with Crippen molar-refractivity contribution in [1.29, 1.82) is 0 Å². The van der Waals surface area contributed by atoms with Gasteiger partial charge in [-0.1, -0.05) is 76.6 Å². The molecule has 0 aliphatic heterocycles. The molecule has 0 nitrogen and oxygen atoms in total. The Morgan fingerprint density at radius 3 is 1.85 bits per heavy atom. The van der Waals surface area contributed by atoms with Gasteiger partial charge in [0.15, 0.2) is 0 Å². The van der Waals surface area contributed by atoms with Gasteiger partial charge >= 0.3 is 0 Å². The Kier molecular flexibility index (Phi) is 11.4. The van der Waals surface area contributed by atoms with Crippen LogP contribution in [-0.4, -0.2) is 0 Å². The molecule has 2 rings (SSSR count). The van der Waals surface area contributed by atoms with Gasteiger partial charge in [-0.15, -0.1) is 0 Å². The van der Waals surface area contributed by atoms with Gasteiger partial charge in [0.1, 0.15) is 5.82 Å². The highest BCUT2D eigenvalue weighted by Crippen LogP contribution is 2.02. The zero-order valence-electron chi connectivity index (χ0n) is 13.2. The van der Waals surface area contributed by atoms with Crippen LogP contribution in [0.15, 0.2) is 54.6 Å². The Labute approximate surface area is 123 Å². The van der Waals surface area contributed by atoms with E-state index in [-0.39, 0.29) is 5.82 Å². The summed E-state index contributed by atoms with van der Waals surface area (Å²) in [6.45, 7) is 8.21. The average molecular weight is 274 g/mol. The number of aryl methyl sites for hydroxylation is 2. The van der Waals surface area contributed by atoms with Crippen LogP contribution in [0, 0.1) is 5.82 Å². The lowest BCUT2D eigenvalue weighted by Gasteiger charge is -1.93. The second-order valence-corrected chi connectivity index (χ2v) is 4.22. The summed E-state index contributed by atoms with van der Waals surface area (Å²) >= 11 is 0. The molecule has 0 aromatic heterocycles. The molecule has 0 amide bonds. The van der Waals surface area contributed by atoms with Crippen molar-refractivity contribution in [2.75, 3.05) is 0 Å². The summed E-state index contributed by atoms with van der Waals surface area (Å²) < 4.78 is 12.4. The Morgan fingerprint density at radius 2 is 1.40 bits per heavy atom. The molecule has 0 aliphatic carbocycles. The van der Waals surface area contributed by atoms with Gasteiger partial charge in [0, 0.05) is 0 Å². The van der Waals surface area contributed by atoms with Crippen LogP contribution in [0.2, 0.25) is 0 Å². The molecule has 0 unspecified atom stereocenters. The Balaban J connectivity index is 0.000000321. The van der Waals surface area contributed by atoms with Gasteiger partial charge in [0.2, 0.25) is 0 Å². The highest BCUT2D eigenvalue weighted by atomic mass is 19.1. The number of benzene rings is 2. The monoisotopic (exact) mass is 274 g/mol. The maximum absolute atomic E-state index is 12.4. The molecule has 0 radical (unpaired) electrons. The smallest absolute Gasteiger partial charge is 0.123 e. The lowest BCUT2D eigenvalue weighted by molar-refractivity contribution is 0.625. The molecule has 0 N–H and O–H groups in total. The largest absolute Gasteiger partial charge is 0.207 e. The third-order valence-electron chi connectivity index (χ3n) is 2.68. The summed E-state index contributed by atoms with van der Waals surface area (Å²) in [5.41, 5.74) is 2.50. The van der Waals surface area contributed by atoms with Gasteiger partial charge in [0.25, 0.3) is 0 Å². The summed E-state index contributed by atoms with van der Waals surface area (Å²) in [6, 6.07) is 17.2. The summed E-state index contributed by atoms with van der Waals surface area (Å²) in [4.78, 5) is 0. The third kappa shape index (κ3) is 8.47. The van der Waals surface area contributed by atoms with E-state index in [2.05, 4.69) is 37.3 Å². The molecule has 2 aromatic rings. The molecular weight excluding hydrogens is 247 g/mol. The first kappa shape index (κ1) is 18.4. The zero-order chi connectivity index (χ0) is 15.2. The fourth-order valence-electron chi connectivity index (χ4n) is 1.69. The van der Waals surface area contributed by atoms with Crippen molar-refractivity contribution in [2.24, 2.45) is 0 Å². The SMILES string of the molecule is CC.CCCc1ccccc1.CCc1cccc(F)c1. The summed E-state index contributed by atoms with van der Waals surface area (Å²) in [6.07, 6.45) is 3.35. The quantitative estimate of drug-likeness (QED) is 0.638. The molecule has 2 aromatic carbocycles. The lowest BCUT2D eigenvalue weighted by atomic mass is 10.1. The van der Waals surface area contributed by atoms with Crippen molar-refractivity contribution in [3.8, 4) is 0 Å². The van der Waals surface area contributed by atoms with Gasteiger partial charge in [-0.25, -0.2) is 4.39 Å². The molecule has 0 heterocycles. The molecule has 110 valence electrons. The van der Waals surface area contributed by atoms with E-state index in [1.54, 1.807) is 12.1 Å². The minimum atomic E-state index is -0.144. The second kappa shape index (κ2) is 12.4. The van der Waals surface area contributed by atoms with Crippen LogP contribution in [0.4, 0.5) is 4.39 Å². The van der Waals surface area contributed by atoms with Crippen LogP contribution < -0.4 is 0 Å². The Hall–Kier alpha value is -1.63. The van der Waals surface area contributed by atoms with Gasteiger partial charge in [0.05, 0.1) is 0 Å². The van der Waals surface area contributed by atoms with E-state index >= 15 is 0 Å². The molecule has 0 atom stereocenters. The van der Waals surface area contributed by atoms with Crippen molar-refractivity contribution in [3.63, 3.8) is 0 Å². The van der Waals surface area contributed by atoms with Crippen molar-refractivity contribution >= 4 is 0 Å². The Morgan fingerprint density at radius 1 is 0.800 bits per heavy atom. The summed E-state index contributed by atoms with van der Waals surface area (Å²) in [5.74, 6) is -0.144. The van der Waals surface area contributed by atoms with Crippen LogP contribution in [0.25, 0.3) is 0 Å². The van der Waals surface area contributed by atoms with E-state index < -0.39 is 0 Å². The van der Waals surface area contributed by atoms with Crippen molar-refractivity contribution in [1.82, 2.24) is 0 Å². The van der Waals surface area contributed by atoms with E-state index in [9.17, 15) is 4.39 Å². The zero-order valence-corrected chi connectivity index (χ0v) is 13.2. The van der Waals surface area contributed by atoms with Crippen molar-refractivity contribution < 1.29 is 4.39 Å². The minimum absolute atomic E-state index is 0.144. The number of hydrogen-bond acceptors (Lipinski definition) is 0. The molecule has 0 bridgehead atoms. The van der Waals surface area contributed by atoms with E-state index in [0.29, 0.717) is 0 Å². The summed E-state index contributed by atoms with van der Waals surface area (Å²) in [5, 5.41) is 0. The first-order chi connectivity index (χ1) is 9.76. The standard InChI is InChI=1S/C9H12.C8H9F.C2H6/c1-2-6-9-7-4-3-5-8-9;1-2-7-4-3-5-8(9)6-7;1-2/h3-5,7-8H,2,6H2,1H3;3-6H,2H2,1H3;1-2H3. The third-order valence-corrected chi connectivity index (χ3v) is 2.68. The first-order valence-electron chi connectivity index (χ1n) is 7.54. The predicted octanol–water partition coefficient (Wildman–Crippen LogP) is 6.05. The van der Waals surface area contributed by atoms with E-state index in [0.717, 1.165) is 12.0 Å². The van der Waals surface area contributed by atoms with Crippen molar-refractivity contribution in [3.05, 3.63) is 71.5 Å². The molecule has 0 fully saturated rings. The fraction of sp³-hybridized carbons (Fsp3) is 0.368. The van der Waals surface area contributed by atoms with E-state index in [1.807, 2.05) is 26.8 Å². The average Bonchev–Trinajstić information content (AvgIpc) is 2.51. The van der Waals surface area contributed by atoms with Gasteiger partial charge < -0.3 is 0 Å². The molecule has 0 saturated heterocycles. The van der Waals surface area contributed by atoms with Gasteiger partial charge in [-0.05, 0) is 36.1 Å². The first-order valence-corrected chi connectivity index (χ1v) is 7.54. The molecule has 0 spiro atoms. The maximum Gasteiger partial charge on any atom is 0.123 e. The highest BCUT2D eigenvalue weighted by molar-refractivity contribution is 5.15. The number of rotatable bonds is 3. The predicted molar refractivity (Wildman–Crippen MR) is 87.6 cm³/mol. The maximum atomic E-state index is 12.4. The van der Waals surface area contributed by atoms with Gasteiger partial charge in [-0.2, -0.15) is 0 Å². The molecule has 0 aliphatic rings. The molecule has 0 saturated carbocycles. The van der Waals surface area contributed by atoms with Crippen LogP contribution >= 0.6 is 0 Å². The van der Waals surface area contributed by atoms with Crippen LogP contribution in [0.5, 0.6) is 0 Å². The second-order valence-electron chi connectivity index (χ2n) is 4.22. The number of halogens is 1. The topological polar surface area (TPSA) is 0 Å². The minimum Gasteiger partial charge on any atom is -0.207 e.